The maximum atomic E-state index is 11.8. The number of aromatic amines is 2. The summed E-state index contributed by atoms with van der Waals surface area (Å²) in [5.74, 6) is -0.0516. The number of rotatable bonds is 5. The number of pyridine rings is 2. The Morgan fingerprint density at radius 3 is 2.72 bits per heavy atom. The minimum absolute atomic E-state index is 0.0516. The molecule has 0 unspecified atom stereocenters. The second kappa shape index (κ2) is 9.09. The van der Waals surface area contributed by atoms with Gasteiger partial charge in [0.05, 0.1) is 35.0 Å². The number of benzene rings is 1. The fourth-order valence-corrected chi connectivity index (χ4v) is 4.77. The van der Waals surface area contributed by atoms with E-state index in [2.05, 4.69) is 71.6 Å². The maximum Gasteiger partial charge on any atom is 0.224 e. The molecule has 0 bridgehead atoms. The van der Waals surface area contributed by atoms with Crippen molar-refractivity contribution < 1.29 is 4.79 Å². The zero-order chi connectivity index (χ0) is 24.6. The molecule has 1 saturated heterocycles. The Labute approximate surface area is 208 Å². The van der Waals surface area contributed by atoms with Crippen LogP contribution in [0.2, 0.25) is 0 Å². The molecule has 0 spiro atoms. The molecule has 5 heterocycles. The number of fused-ring (bicyclic) bond motifs is 2. The summed E-state index contributed by atoms with van der Waals surface area (Å²) in [5.41, 5.74) is 7.25. The van der Waals surface area contributed by atoms with Crippen LogP contribution >= 0.6 is 0 Å². The number of piperazine rings is 1. The van der Waals surface area contributed by atoms with E-state index in [1.54, 1.807) is 18.6 Å². The Balaban J connectivity index is 1.38. The molecule has 0 saturated carbocycles. The van der Waals surface area contributed by atoms with Gasteiger partial charge in [0.1, 0.15) is 5.69 Å². The van der Waals surface area contributed by atoms with E-state index >= 15 is 0 Å². The van der Waals surface area contributed by atoms with Gasteiger partial charge in [-0.3, -0.25) is 19.9 Å². The average Bonchev–Trinajstić information content (AvgIpc) is 3.53. The number of nitrogens with one attached hydrogen (secondary N) is 3. The third-order valence-electron chi connectivity index (χ3n) is 6.83. The molecule has 4 aromatic heterocycles. The van der Waals surface area contributed by atoms with Gasteiger partial charge in [0, 0.05) is 66.3 Å². The van der Waals surface area contributed by atoms with Crippen LogP contribution in [0.5, 0.6) is 0 Å². The lowest BCUT2D eigenvalue weighted by molar-refractivity contribution is -0.115. The second-order valence-electron chi connectivity index (χ2n) is 9.26. The van der Waals surface area contributed by atoms with E-state index in [0.717, 1.165) is 65.2 Å². The fourth-order valence-electron chi connectivity index (χ4n) is 4.77. The SMILES string of the molecule is CCC(=O)Nc1cncc(-c2cc3c(-c4cc5c(N6CCN(C)CC6)cccc5[nH]4)n[nH]c3cn2)c1. The highest BCUT2D eigenvalue weighted by Gasteiger charge is 2.19. The van der Waals surface area contributed by atoms with Gasteiger partial charge in [0.15, 0.2) is 0 Å². The standard InChI is InChI=1S/C27H28N8O/c1-3-26(36)30-18-11-17(14-28-15-18)22-13-20-24(16-29-22)32-33-27(20)23-12-19-21(31-23)5-4-6-25(19)35-9-7-34(2)8-10-35/h4-6,11-16,31H,3,7-10H2,1-2H3,(H,30,36)(H,32,33). The van der Waals surface area contributed by atoms with Crippen molar-refractivity contribution in [2.24, 2.45) is 0 Å². The number of anilines is 2. The lowest BCUT2D eigenvalue weighted by Crippen LogP contribution is -2.44. The summed E-state index contributed by atoms with van der Waals surface area (Å²) in [7, 11) is 2.17. The molecule has 1 amide bonds. The highest BCUT2D eigenvalue weighted by atomic mass is 16.1. The topological polar surface area (TPSA) is 106 Å². The van der Waals surface area contributed by atoms with E-state index < -0.39 is 0 Å². The van der Waals surface area contributed by atoms with Crippen LogP contribution in [-0.2, 0) is 4.79 Å². The fraction of sp³-hybridized carbons (Fsp3) is 0.259. The first kappa shape index (κ1) is 22.2. The zero-order valence-corrected chi connectivity index (χ0v) is 20.4. The van der Waals surface area contributed by atoms with Crippen molar-refractivity contribution in [1.29, 1.82) is 0 Å². The average molecular weight is 481 g/mol. The predicted molar refractivity (Wildman–Crippen MR) is 143 cm³/mol. The first-order valence-electron chi connectivity index (χ1n) is 12.2. The van der Waals surface area contributed by atoms with Crippen LogP contribution in [-0.4, -0.2) is 69.2 Å². The molecule has 3 N–H and O–H groups in total. The first-order valence-corrected chi connectivity index (χ1v) is 12.2. The number of aromatic nitrogens is 5. The zero-order valence-electron chi connectivity index (χ0n) is 20.4. The normalized spacial score (nSPS) is 14.6. The molecule has 182 valence electrons. The summed E-state index contributed by atoms with van der Waals surface area (Å²) in [5, 5.41) is 12.8. The van der Waals surface area contributed by atoms with Crippen molar-refractivity contribution in [3.05, 3.63) is 55.0 Å². The Kier molecular flexibility index (Phi) is 5.61. The van der Waals surface area contributed by atoms with Crippen molar-refractivity contribution in [3.63, 3.8) is 0 Å². The van der Waals surface area contributed by atoms with Gasteiger partial charge in [-0.25, -0.2) is 0 Å². The molecule has 6 rings (SSSR count). The maximum absolute atomic E-state index is 11.8. The van der Waals surface area contributed by atoms with Crippen LogP contribution in [0.25, 0.3) is 44.5 Å². The lowest BCUT2D eigenvalue weighted by Gasteiger charge is -2.34. The molecule has 1 aliphatic heterocycles. The van der Waals surface area contributed by atoms with Gasteiger partial charge in [-0.15, -0.1) is 0 Å². The summed E-state index contributed by atoms with van der Waals surface area (Å²) in [6.45, 7) is 5.97. The smallest absolute Gasteiger partial charge is 0.224 e. The van der Waals surface area contributed by atoms with Gasteiger partial charge in [-0.1, -0.05) is 13.0 Å². The number of likely N-dealkylation sites (N-methyl/N-ethyl adjacent to an activating group) is 1. The quantitative estimate of drug-likeness (QED) is 0.347. The molecule has 5 aromatic rings. The molecule has 9 heteroatoms. The van der Waals surface area contributed by atoms with Crippen molar-refractivity contribution in [2.75, 3.05) is 43.4 Å². The van der Waals surface area contributed by atoms with Gasteiger partial charge in [0.25, 0.3) is 0 Å². The number of hydrogen-bond acceptors (Lipinski definition) is 6. The summed E-state index contributed by atoms with van der Waals surface area (Å²) in [4.78, 5) is 29.1. The largest absolute Gasteiger partial charge is 0.368 e. The van der Waals surface area contributed by atoms with Gasteiger partial charge in [0.2, 0.25) is 5.91 Å². The van der Waals surface area contributed by atoms with E-state index in [1.807, 2.05) is 19.1 Å². The Morgan fingerprint density at radius 1 is 1.03 bits per heavy atom. The van der Waals surface area contributed by atoms with E-state index in [9.17, 15) is 4.79 Å². The lowest BCUT2D eigenvalue weighted by atomic mass is 10.1. The van der Waals surface area contributed by atoms with Gasteiger partial charge in [-0.05, 0) is 37.4 Å². The Hall–Kier alpha value is -4.24. The number of hydrogen-bond donors (Lipinski definition) is 3. The summed E-state index contributed by atoms with van der Waals surface area (Å²) >= 11 is 0. The van der Waals surface area contributed by atoms with Gasteiger partial charge >= 0.3 is 0 Å². The highest BCUT2D eigenvalue weighted by Crippen LogP contribution is 2.34. The van der Waals surface area contributed by atoms with Crippen LogP contribution in [0.15, 0.2) is 55.0 Å². The summed E-state index contributed by atoms with van der Waals surface area (Å²) in [6, 6.07) is 12.5. The number of carbonyl (C=O) groups is 1. The molecule has 1 aliphatic rings. The van der Waals surface area contributed by atoms with Crippen molar-refractivity contribution in [2.45, 2.75) is 13.3 Å². The van der Waals surface area contributed by atoms with Gasteiger partial charge < -0.3 is 20.1 Å². The third kappa shape index (κ3) is 4.07. The number of H-pyrrole nitrogens is 2. The predicted octanol–water partition coefficient (Wildman–Crippen LogP) is 4.27. The van der Waals surface area contributed by atoms with Gasteiger partial charge in [-0.2, -0.15) is 5.10 Å². The molecule has 0 radical (unpaired) electrons. The minimum atomic E-state index is -0.0516. The second-order valence-corrected chi connectivity index (χ2v) is 9.26. The summed E-state index contributed by atoms with van der Waals surface area (Å²) < 4.78 is 0. The van der Waals surface area contributed by atoms with Crippen molar-refractivity contribution >= 4 is 39.1 Å². The number of carbonyl (C=O) groups excluding carboxylic acids is 1. The molecule has 0 aliphatic carbocycles. The van der Waals surface area contributed by atoms with Crippen LogP contribution in [0.3, 0.4) is 0 Å². The van der Waals surface area contributed by atoms with Crippen LogP contribution < -0.4 is 10.2 Å². The van der Waals surface area contributed by atoms with E-state index in [-0.39, 0.29) is 5.91 Å². The van der Waals surface area contributed by atoms with E-state index in [4.69, 9.17) is 0 Å². The molecule has 36 heavy (non-hydrogen) atoms. The molecule has 1 aromatic carbocycles. The molecule has 0 atom stereocenters. The molecule has 1 fully saturated rings. The molecular weight excluding hydrogens is 452 g/mol. The third-order valence-corrected chi connectivity index (χ3v) is 6.83. The monoisotopic (exact) mass is 480 g/mol. The summed E-state index contributed by atoms with van der Waals surface area (Å²) in [6.07, 6.45) is 5.59. The van der Waals surface area contributed by atoms with Crippen molar-refractivity contribution in [3.8, 4) is 22.6 Å². The molecule has 9 nitrogen and oxygen atoms in total. The van der Waals surface area contributed by atoms with E-state index in [1.165, 1.54) is 11.1 Å². The number of amides is 1. The Bertz CT molecular complexity index is 1560. The van der Waals surface area contributed by atoms with Crippen molar-refractivity contribution in [1.82, 2.24) is 30.0 Å². The van der Waals surface area contributed by atoms with Crippen LogP contribution in [0.4, 0.5) is 11.4 Å². The molecular formula is C27H28N8O. The highest BCUT2D eigenvalue weighted by molar-refractivity contribution is 6.00. The number of nitrogens with zero attached hydrogens (tertiary/aromatic N) is 5. The minimum Gasteiger partial charge on any atom is -0.368 e. The van der Waals surface area contributed by atoms with Crippen LogP contribution in [0.1, 0.15) is 13.3 Å². The van der Waals surface area contributed by atoms with E-state index in [0.29, 0.717) is 12.1 Å². The van der Waals surface area contributed by atoms with Crippen LogP contribution in [0, 0.1) is 0 Å². The Morgan fingerprint density at radius 2 is 1.89 bits per heavy atom. The first-order chi connectivity index (χ1) is 17.6.